The molecule has 3 heterocycles. The minimum atomic E-state index is -1.36. The first-order valence-corrected chi connectivity index (χ1v) is 10.2. The topological polar surface area (TPSA) is 97.9 Å². The normalized spacial score (nSPS) is 16.8. The van der Waals surface area contributed by atoms with Gasteiger partial charge in [-0.25, -0.2) is 13.8 Å². The number of hydrogen-bond donors (Lipinski definition) is 1. The molecular formula is C23H22F2N4O4. The van der Waals surface area contributed by atoms with Gasteiger partial charge in [-0.1, -0.05) is 6.07 Å². The molecule has 4 rings (SSSR count). The van der Waals surface area contributed by atoms with Crippen LogP contribution in [0.4, 0.5) is 8.78 Å². The molecule has 1 amide bonds. The fourth-order valence-corrected chi connectivity index (χ4v) is 3.48. The second kappa shape index (κ2) is 8.42. The summed E-state index contributed by atoms with van der Waals surface area (Å²) in [5.74, 6) is -2.60. The number of nitrogens with one attached hydrogen (secondary N) is 1. The number of imidazole rings is 1. The van der Waals surface area contributed by atoms with E-state index < -0.39 is 28.9 Å². The molecule has 0 aliphatic carbocycles. The summed E-state index contributed by atoms with van der Waals surface area (Å²) in [5, 5.41) is 12.4. The third-order valence-electron chi connectivity index (χ3n) is 5.34. The van der Waals surface area contributed by atoms with Crippen LogP contribution in [-0.2, 0) is 16.1 Å². The van der Waals surface area contributed by atoms with Crippen LogP contribution in [0, 0.1) is 29.9 Å². The number of rotatable bonds is 5. The second-order valence-corrected chi connectivity index (χ2v) is 8.23. The number of amides is 1. The number of halogens is 2. The Morgan fingerprint density at radius 1 is 1.24 bits per heavy atom. The number of aromatic nitrogens is 2. The molecule has 1 N–H and O–H groups in total. The highest BCUT2D eigenvalue weighted by atomic mass is 19.1. The van der Waals surface area contributed by atoms with Crippen molar-refractivity contribution in [1.29, 1.82) is 5.26 Å². The van der Waals surface area contributed by atoms with Crippen LogP contribution in [0.5, 0.6) is 5.75 Å². The van der Waals surface area contributed by atoms with Crippen LogP contribution in [0.25, 0.3) is 5.65 Å². The minimum Gasteiger partial charge on any atom is -0.485 e. The van der Waals surface area contributed by atoms with E-state index in [0.29, 0.717) is 11.3 Å². The maximum atomic E-state index is 13.9. The summed E-state index contributed by atoms with van der Waals surface area (Å²) in [6.45, 7) is 4.64. The van der Waals surface area contributed by atoms with Crippen LogP contribution in [-0.4, -0.2) is 39.8 Å². The van der Waals surface area contributed by atoms with Crippen molar-refractivity contribution in [1.82, 2.24) is 14.7 Å². The van der Waals surface area contributed by atoms with Crippen LogP contribution in [0.15, 0.2) is 36.5 Å². The lowest BCUT2D eigenvalue weighted by molar-refractivity contribution is -0.262. The van der Waals surface area contributed by atoms with E-state index in [0.717, 1.165) is 12.1 Å². The fraction of sp³-hybridized carbons (Fsp3) is 0.348. The molecular weight excluding hydrogens is 434 g/mol. The minimum absolute atomic E-state index is 0.0411. The second-order valence-electron chi connectivity index (χ2n) is 8.23. The molecule has 0 unspecified atom stereocenters. The lowest BCUT2D eigenvalue weighted by atomic mass is 10.0. The lowest BCUT2D eigenvalue weighted by Crippen LogP contribution is -2.60. The van der Waals surface area contributed by atoms with Gasteiger partial charge in [0, 0.05) is 6.20 Å². The van der Waals surface area contributed by atoms with Gasteiger partial charge in [-0.2, -0.15) is 5.26 Å². The lowest BCUT2D eigenvalue weighted by Gasteiger charge is -2.39. The van der Waals surface area contributed by atoms with Crippen molar-refractivity contribution >= 4 is 11.6 Å². The van der Waals surface area contributed by atoms with Crippen molar-refractivity contribution in [2.24, 2.45) is 0 Å². The zero-order valence-electron chi connectivity index (χ0n) is 18.3. The first kappa shape index (κ1) is 22.6. The molecule has 0 radical (unpaired) electrons. The van der Waals surface area contributed by atoms with Gasteiger partial charge >= 0.3 is 0 Å². The standard InChI is InChI=1S/C23H22F2N4O4/c1-14-19(21(30)28-23(11-26)12-32-22(2,3)33-13-23)29-9-5-8-18(20(29)27-14)31-10-15-16(24)6-4-7-17(15)25/h4-9H,10,12-13H2,1-3H3,(H,28,30). The van der Waals surface area contributed by atoms with Gasteiger partial charge in [0.2, 0.25) is 0 Å². The maximum absolute atomic E-state index is 13.9. The molecule has 1 saturated heterocycles. The van der Waals surface area contributed by atoms with E-state index in [2.05, 4.69) is 16.4 Å². The molecule has 0 spiro atoms. The van der Waals surface area contributed by atoms with Crippen LogP contribution >= 0.6 is 0 Å². The number of hydrogen-bond acceptors (Lipinski definition) is 6. The van der Waals surface area contributed by atoms with Crippen LogP contribution < -0.4 is 10.1 Å². The van der Waals surface area contributed by atoms with Crippen LogP contribution in [0.2, 0.25) is 0 Å². The Balaban J connectivity index is 1.60. The van der Waals surface area contributed by atoms with Gasteiger partial charge in [0.1, 0.15) is 23.9 Å². The molecule has 0 saturated carbocycles. The summed E-state index contributed by atoms with van der Waals surface area (Å²) < 4.78 is 46.1. The number of benzene rings is 1. The number of aryl methyl sites for hydroxylation is 1. The summed E-state index contributed by atoms with van der Waals surface area (Å²) in [5.41, 5.74) is -0.713. The highest BCUT2D eigenvalue weighted by Crippen LogP contribution is 2.26. The summed E-state index contributed by atoms with van der Waals surface area (Å²) in [6.07, 6.45) is 1.61. The quantitative estimate of drug-likeness (QED) is 0.633. The largest absolute Gasteiger partial charge is 0.485 e. The van der Waals surface area contributed by atoms with E-state index in [4.69, 9.17) is 14.2 Å². The molecule has 33 heavy (non-hydrogen) atoms. The van der Waals surface area contributed by atoms with Crippen LogP contribution in [0.1, 0.15) is 35.6 Å². The molecule has 10 heteroatoms. The van der Waals surface area contributed by atoms with Gasteiger partial charge in [-0.05, 0) is 45.0 Å². The average Bonchev–Trinajstić information content (AvgIpc) is 3.12. The summed E-state index contributed by atoms with van der Waals surface area (Å²) in [6, 6.07) is 8.84. The number of nitrogens with zero attached hydrogens (tertiary/aromatic N) is 3. The maximum Gasteiger partial charge on any atom is 0.271 e. The van der Waals surface area contributed by atoms with Gasteiger partial charge in [-0.15, -0.1) is 0 Å². The summed E-state index contributed by atoms with van der Waals surface area (Å²) >= 11 is 0. The molecule has 1 aliphatic rings. The molecule has 3 aromatic rings. The number of pyridine rings is 1. The monoisotopic (exact) mass is 456 g/mol. The molecule has 1 aromatic carbocycles. The third-order valence-corrected chi connectivity index (χ3v) is 5.34. The smallest absolute Gasteiger partial charge is 0.271 e. The van der Waals surface area contributed by atoms with E-state index in [1.54, 1.807) is 39.1 Å². The zero-order chi connectivity index (χ0) is 23.8. The summed E-state index contributed by atoms with van der Waals surface area (Å²) in [4.78, 5) is 17.5. The van der Waals surface area contributed by atoms with Gasteiger partial charge in [0.15, 0.2) is 22.7 Å². The highest BCUT2D eigenvalue weighted by molar-refractivity contribution is 5.95. The van der Waals surface area contributed by atoms with Gasteiger partial charge < -0.3 is 19.5 Å². The number of fused-ring (bicyclic) bond motifs is 1. The SMILES string of the molecule is Cc1nc2c(OCc3c(F)cccc3F)cccn2c1C(=O)NC1(C#N)COC(C)(C)OC1. The number of nitriles is 1. The van der Waals surface area contributed by atoms with E-state index in [1.165, 1.54) is 10.5 Å². The molecule has 0 bridgehead atoms. The van der Waals surface area contributed by atoms with Crippen molar-refractivity contribution in [2.45, 2.75) is 38.7 Å². The number of carbonyl (C=O) groups is 1. The highest BCUT2D eigenvalue weighted by Gasteiger charge is 2.42. The van der Waals surface area contributed by atoms with Gasteiger partial charge in [0.25, 0.3) is 5.91 Å². The first-order valence-electron chi connectivity index (χ1n) is 10.2. The molecule has 1 aliphatic heterocycles. The molecule has 8 nitrogen and oxygen atoms in total. The third kappa shape index (κ3) is 4.37. The Hall–Kier alpha value is -3.55. The fourth-order valence-electron chi connectivity index (χ4n) is 3.48. The molecule has 1 fully saturated rings. The molecule has 172 valence electrons. The Labute approximate surface area is 188 Å². The van der Waals surface area contributed by atoms with E-state index >= 15 is 0 Å². The first-order chi connectivity index (χ1) is 15.6. The Bertz CT molecular complexity index is 1240. The Morgan fingerprint density at radius 3 is 2.55 bits per heavy atom. The van der Waals surface area contributed by atoms with E-state index in [-0.39, 0.29) is 36.8 Å². The number of ether oxygens (including phenoxy) is 3. The van der Waals surface area contributed by atoms with Crippen molar-refractivity contribution in [3.05, 3.63) is 65.1 Å². The van der Waals surface area contributed by atoms with Crippen molar-refractivity contribution in [3.8, 4) is 11.8 Å². The van der Waals surface area contributed by atoms with E-state index in [9.17, 15) is 18.8 Å². The van der Waals surface area contributed by atoms with Crippen molar-refractivity contribution in [2.75, 3.05) is 13.2 Å². The number of carbonyl (C=O) groups excluding carboxylic acids is 1. The molecule has 0 atom stereocenters. The van der Waals surface area contributed by atoms with Crippen molar-refractivity contribution in [3.63, 3.8) is 0 Å². The van der Waals surface area contributed by atoms with Gasteiger partial charge in [0.05, 0.1) is 30.5 Å². The average molecular weight is 456 g/mol. The van der Waals surface area contributed by atoms with Gasteiger partial charge in [-0.3, -0.25) is 9.20 Å². The van der Waals surface area contributed by atoms with Crippen LogP contribution in [0.3, 0.4) is 0 Å². The van der Waals surface area contributed by atoms with E-state index in [1.807, 2.05) is 0 Å². The predicted molar refractivity (Wildman–Crippen MR) is 112 cm³/mol. The zero-order valence-corrected chi connectivity index (χ0v) is 18.3. The van der Waals surface area contributed by atoms with Crippen molar-refractivity contribution < 1.29 is 27.8 Å². The molecule has 2 aromatic heterocycles. The summed E-state index contributed by atoms with van der Waals surface area (Å²) in [7, 11) is 0. The Kier molecular flexibility index (Phi) is 5.78. The predicted octanol–water partition coefficient (Wildman–Crippen LogP) is 3.28. The Morgan fingerprint density at radius 2 is 1.91 bits per heavy atom.